The zero-order valence-corrected chi connectivity index (χ0v) is 4.35. The Morgan fingerprint density at radius 1 is 1.29 bits per heavy atom. The van der Waals surface area contributed by atoms with Gasteiger partial charge in [0.05, 0.1) is 0 Å². The van der Waals surface area contributed by atoms with E-state index in [0.29, 0.717) is 0 Å². The van der Waals surface area contributed by atoms with Gasteiger partial charge in [-0.3, -0.25) is 0 Å². The van der Waals surface area contributed by atoms with Crippen LogP contribution >= 0.6 is 0 Å². The van der Waals surface area contributed by atoms with E-state index >= 15 is 0 Å². The first-order valence-corrected chi connectivity index (χ1v) is 2.93. The second-order valence-electron chi connectivity index (χ2n) is 2.65. The molecular formula is C6H10N. The zero-order valence-electron chi connectivity index (χ0n) is 4.35. The molecule has 2 aliphatic rings. The van der Waals surface area contributed by atoms with Crippen molar-refractivity contribution in [1.82, 2.24) is 5.32 Å². The minimum Gasteiger partial charge on any atom is -0.316 e. The molecule has 2 fully saturated rings. The predicted octanol–water partition coefficient (Wildman–Crippen LogP) is 0.286. The first-order valence-electron chi connectivity index (χ1n) is 2.93. The van der Waals surface area contributed by atoms with Crippen LogP contribution in [0.2, 0.25) is 0 Å². The van der Waals surface area contributed by atoms with Crippen molar-refractivity contribution in [2.45, 2.75) is 0 Å². The van der Waals surface area contributed by atoms with E-state index < -0.39 is 0 Å². The Morgan fingerprint density at radius 3 is 2.14 bits per heavy atom. The Morgan fingerprint density at radius 2 is 1.86 bits per heavy atom. The van der Waals surface area contributed by atoms with Gasteiger partial charge in [-0.2, -0.15) is 0 Å². The van der Waals surface area contributed by atoms with Gasteiger partial charge in [0.2, 0.25) is 0 Å². The third-order valence-electron chi connectivity index (χ3n) is 2.27. The number of nitrogens with one attached hydrogen (secondary N) is 1. The third kappa shape index (κ3) is 0.367. The van der Waals surface area contributed by atoms with Crippen molar-refractivity contribution in [3.05, 3.63) is 6.92 Å². The molecule has 2 rings (SSSR count). The van der Waals surface area contributed by atoms with Crippen molar-refractivity contribution in [2.24, 2.45) is 17.8 Å². The molecule has 1 aliphatic heterocycles. The van der Waals surface area contributed by atoms with Crippen LogP contribution in [0.1, 0.15) is 0 Å². The lowest BCUT2D eigenvalue weighted by molar-refractivity contribution is 0.667. The molecule has 1 saturated heterocycles. The molecule has 1 aliphatic carbocycles. The SMILES string of the molecule is [CH2]C1C2CNCC12. The second kappa shape index (κ2) is 1.03. The Labute approximate surface area is 44.1 Å². The highest BCUT2D eigenvalue weighted by molar-refractivity contribution is 5.04. The van der Waals surface area contributed by atoms with Crippen molar-refractivity contribution in [3.8, 4) is 0 Å². The second-order valence-corrected chi connectivity index (χ2v) is 2.65. The smallest absolute Gasteiger partial charge is 0.00144 e. The van der Waals surface area contributed by atoms with E-state index in [1.807, 2.05) is 0 Å². The maximum atomic E-state index is 3.99. The summed E-state index contributed by atoms with van der Waals surface area (Å²) in [5.74, 6) is 2.72. The van der Waals surface area contributed by atoms with Crippen molar-refractivity contribution < 1.29 is 0 Å². The summed E-state index contributed by atoms with van der Waals surface area (Å²) in [6.45, 7) is 6.46. The van der Waals surface area contributed by atoms with Crippen molar-refractivity contribution >= 4 is 0 Å². The van der Waals surface area contributed by atoms with Gasteiger partial charge in [0.25, 0.3) is 0 Å². The van der Waals surface area contributed by atoms with Gasteiger partial charge in [-0.15, -0.1) is 0 Å². The zero-order chi connectivity index (χ0) is 4.85. The minimum absolute atomic E-state index is 0.807. The van der Waals surface area contributed by atoms with E-state index in [0.717, 1.165) is 17.8 Å². The summed E-state index contributed by atoms with van der Waals surface area (Å²) < 4.78 is 0. The summed E-state index contributed by atoms with van der Waals surface area (Å²) >= 11 is 0. The number of hydrogen-bond acceptors (Lipinski definition) is 1. The quantitative estimate of drug-likeness (QED) is 0.457. The third-order valence-corrected chi connectivity index (χ3v) is 2.27. The summed E-state index contributed by atoms with van der Waals surface area (Å²) in [4.78, 5) is 0. The van der Waals surface area contributed by atoms with Gasteiger partial charge < -0.3 is 5.32 Å². The van der Waals surface area contributed by atoms with Crippen LogP contribution in [0.4, 0.5) is 0 Å². The van der Waals surface area contributed by atoms with Gasteiger partial charge in [0.1, 0.15) is 0 Å². The van der Waals surface area contributed by atoms with Crippen molar-refractivity contribution in [3.63, 3.8) is 0 Å². The number of rotatable bonds is 0. The van der Waals surface area contributed by atoms with E-state index in [-0.39, 0.29) is 0 Å². The van der Waals surface area contributed by atoms with Crippen LogP contribution in [-0.2, 0) is 0 Å². The Balaban J connectivity index is 2.06. The van der Waals surface area contributed by atoms with Gasteiger partial charge in [-0.05, 0) is 37.8 Å². The van der Waals surface area contributed by atoms with Crippen LogP contribution in [0.15, 0.2) is 0 Å². The molecule has 0 aromatic heterocycles. The monoisotopic (exact) mass is 96.1 g/mol. The highest BCUT2D eigenvalue weighted by Crippen LogP contribution is 2.47. The molecular weight excluding hydrogens is 86.1 g/mol. The molecule has 2 atom stereocenters. The fourth-order valence-electron chi connectivity index (χ4n) is 1.55. The molecule has 7 heavy (non-hydrogen) atoms. The first-order chi connectivity index (χ1) is 3.39. The lowest BCUT2D eigenvalue weighted by Crippen LogP contribution is -2.13. The van der Waals surface area contributed by atoms with Crippen LogP contribution in [0.3, 0.4) is 0 Å². The van der Waals surface area contributed by atoms with E-state index in [1.54, 1.807) is 0 Å². The molecule has 0 aromatic rings. The number of hydrogen-bond donors (Lipinski definition) is 1. The fraction of sp³-hybridized carbons (Fsp3) is 0.833. The van der Waals surface area contributed by atoms with Crippen molar-refractivity contribution in [1.29, 1.82) is 0 Å². The molecule has 1 nitrogen and oxygen atoms in total. The average molecular weight is 96.2 g/mol. The molecule has 1 heteroatoms. The number of fused-ring (bicyclic) bond motifs is 1. The van der Waals surface area contributed by atoms with Crippen LogP contribution in [0, 0.1) is 24.7 Å². The molecule has 0 amide bonds. The van der Waals surface area contributed by atoms with Crippen molar-refractivity contribution in [2.75, 3.05) is 13.1 Å². The molecule has 1 N–H and O–H groups in total. The maximum absolute atomic E-state index is 3.99. The Kier molecular flexibility index (Phi) is 0.571. The summed E-state index contributed by atoms with van der Waals surface area (Å²) in [5.41, 5.74) is 0. The predicted molar refractivity (Wildman–Crippen MR) is 28.7 cm³/mol. The topological polar surface area (TPSA) is 12.0 Å². The largest absolute Gasteiger partial charge is 0.316 e. The summed E-state index contributed by atoms with van der Waals surface area (Å²) in [6, 6.07) is 0. The molecule has 0 aromatic carbocycles. The summed E-state index contributed by atoms with van der Waals surface area (Å²) in [6.07, 6.45) is 0. The van der Waals surface area contributed by atoms with E-state index in [9.17, 15) is 0 Å². The maximum Gasteiger partial charge on any atom is -0.00144 e. The molecule has 1 heterocycles. The highest BCUT2D eigenvalue weighted by Gasteiger charge is 2.49. The normalized spacial score (nSPS) is 57.0. The van der Waals surface area contributed by atoms with Crippen LogP contribution in [0.5, 0.6) is 0 Å². The molecule has 39 valence electrons. The van der Waals surface area contributed by atoms with Gasteiger partial charge in [0.15, 0.2) is 0 Å². The lowest BCUT2D eigenvalue weighted by atomic mass is 10.3. The molecule has 2 unspecified atom stereocenters. The molecule has 0 bridgehead atoms. The van der Waals surface area contributed by atoms with E-state index in [1.165, 1.54) is 13.1 Å². The standard InChI is InChI=1S/C6H10N/c1-4-5-2-7-3-6(4)5/h4-7H,1-3H2. The lowest BCUT2D eigenvalue weighted by Gasteiger charge is -1.93. The minimum atomic E-state index is 0.807. The van der Waals surface area contributed by atoms with Gasteiger partial charge in [-0.25, -0.2) is 0 Å². The van der Waals surface area contributed by atoms with Gasteiger partial charge in [-0.1, -0.05) is 0 Å². The van der Waals surface area contributed by atoms with Crippen LogP contribution in [-0.4, -0.2) is 13.1 Å². The molecule has 1 saturated carbocycles. The first kappa shape index (κ1) is 3.90. The highest BCUT2D eigenvalue weighted by atomic mass is 15.0. The summed E-state index contributed by atoms with van der Waals surface area (Å²) in [7, 11) is 0. The van der Waals surface area contributed by atoms with Crippen LogP contribution < -0.4 is 5.32 Å². The van der Waals surface area contributed by atoms with Gasteiger partial charge in [0, 0.05) is 0 Å². The van der Waals surface area contributed by atoms with Crippen LogP contribution in [0.25, 0.3) is 0 Å². The Bertz CT molecular complexity index is 80.2. The van der Waals surface area contributed by atoms with Gasteiger partial charge >= 0.3 is 0 Å². The van der Waals surface area contributed by atoms with E-state index in [2.05, 4.69) is 12.2 Å². The Hall–Kier alpha value is -0.0400. The average Bonchev–Trinajstić information content (AvgIpc) is 2.26. The molecule has 0 spiro atoms. The molecule has 1 radical (unpaired) electrons. The summed E-state index contributed by atoms with van der Waals surface area (Å²) in [5, 5.41) is 3.31. The van der Waals surface area contributed by atoms with E-state index in [4.69, 9.17) is 0 Å². The fourth-order valence-corrected chi connectivity index (χ4v) is 1.55. The number of piperidine rings is 1.